The number of amides is 1. The maximum Gasteiger partial charge on any atom is 0.222 e. The number of alkyl halides is 1. The smallest absolute Gasteiger partial charge is 0.222 e. The Labute approximate surface area is 124 Å². The second-order valence-corrected chi connectivity index (χ2v) is 6.11. The van der Waals surface area contributed by atoms with Crippen molar-refractivity contribution in [3.63, 3.8) is 0 Å². The summed E-state index contributed by atoms with van der Waals surface area (Å²) in [7, 11) is 0. The van der Waals surface area contributed by atoms with Crippen molar-refractivity contribution in [3.05, 3.63) is 35.4 Å². The highest BCUT2D eigenvalue weighted by atomic mass is 79.9. The molecule has 19 heavy (non-hydrogen) atoms. The van der Waals surface area contributed by atoms with Crippen LogP contribution in [-0.4, -0.2) is 29.2 Å². The van der Waals surface area contributed by atoms with Gasteiger partial charge >= 0.3 is 0 Å². The Hall–Kier alpha value is -0.830. The summed E-state index contributed by atoms with van der Waals surface area (Å²) < 4.78 is 0. The molecule has 2 nitrogen and oxygen atoms in total. The van der Waals surface area contributed by atoms with E-state index in [1.165, 1.54) is 11.1 Å². The van der Waals surface area contributed by atoms with Gasteiger partial charge in [0.15, 0.2) is 0 Å². The van der Waals surface area contributed by atoms with Crippen LogP contribution in [0.4, 0.5) is 0 Å². The standard InChI is InChI=1S/C16H22BrNO/c1-13-2-4-14(5-3-13)6-7-16(19)18-10-8-15(12-17)9-11-18/h2-5,15H,6-12H2,1H3. The molecular weight excluding hydrogens is 302 g/mol. The van der Waals surface area contributed by atoms with E-state index in [-0.39, 0.29) is 0 Å². The predicted molar refractivity (Wildman–Crippen MR) is 82.6 cm³/mol. The monoisotopic (exact) mass is 323 g/mol. The van der Waals surface area contributed by atoms with E-state index in [0.717, 1.165) is 43.6 Å². The number of carbonyl (C=O) groups is 1. The summed E-state index contributed by atoms with van der Waals surface area (Å²) in [5.41, 5.74) is 2.53. The van der Waals surface area contributed by atoms with Gasteiger partial charge in [-0.15, -0.1) is 0 Å². The van der Waals surface area contributed by atoms with Gasteiger partial charge in [0.1, 0.15) is 0 Å². The van der Waals surface area contributed by atoms with Crippen LogP contribution >= 0.6 is 15.9 Å². The third-order valence-electron chi connectivity index (χ3n) is 3.93. The van der Waals surface area contributed by atoms with Gasteiger partial charge in [-0.05, 0) is 37.7 Å². The topological polar surface area (TPSA) is 20.3 Å². The summed E-state index contributed by atoms with van der Waals surface area (Å²) in [6, 6.07) is 8.47. The lowest BCUT2D eigenvalue weighted by Gasteiger charge is -2.31. The largest absolute Gasteiger partial charge is 0.343 e. The molecule has 0 aliphatic carbocycles. The molecule has 1 saturated heterocycles. The van der Waals surface area contributed by atoms with E-state index in [4.69, 9.17) is 0 Å². The van der Waals surface area contributed by atoms with E-state index in [9.17, 15) is 4.79 Å². The second-order valence-electron chi connectivity index (χ2n) is 5.46. The average molecular weight is 324 g/mol. The molecule has 0 spiro atoms. The van der Waals surface area contributed by atoms with Crippen molar-refractivity contribution >= 4 is 21.8 Å². The molecule has 0 N–H and O–H groups in total. The Morgan fingerprint density at radius 3 is 2.47 bits per heavy atom. The first-order chi connectivity index (χ1) is 9.19. The Morgan fingerprint density at radius 1 is 1.26 bits per heavy atom. The van der Waals surface area contributed by atoms with Gasteiger partial charge in [-0.3, -0.25) is 4.79 Å². The Bertz CT molecular complexity index is 407. The van der Waals surface area contributed by atoms with Gasteiger partial charge in [-0.25, -0.2) is 0 Å². The van der Waals surface area contributed by atoms with Gasteiger partial charge < -0.3 is 4.90 Å². The summed E-state index contributed by atoms with van der Waals surface area (Å²) >= 11 is 3.53. The van der Waals surface area contributed by atoms with E-state index < -0.39 is 0 Å². The number of halogens is 1. The van der Waals surface area contributed by atoms with Gasteiger partial charge in [0, 0.05) is 24.8 Å². The minimum Gasteiger partial charge on any atom is -0.343 e. The van der Waals surface area contributed by atoms with Crippen molar-refractivity contribution in [2.75, 3.05) is 18.4 Å². The first-order valence-electron chi connectivity index (χ1n) is 7.08. The van der Waals surface area contributed by atoms with Crippen molar-refractivity contribution in [2.45, 2.75) is 32.6 Å². The van der Waals surface area contributed by atoms with Crippen LogP contribution in [0.3, 0.4) is 0 Å². The van der Waals surface area contributed by atoms with Gasteiger partial charge in [0.05, 0.1) is 0 Å². The van der Waals surface area contributed by atoms with Crippen molar-refractivity contribution in [1.82, 2.24) is 4.90 Å². The van der Waals surface area contributed by atoms with Crippen LogP contribution in [-0.2, 0) is 11.2 Å². The lowest BCUT2D eigenvalue weighted by molar-refractivity contribution is -0.132. The number of nitrogens with zero attached hydrogens (tertiary/aromatic N) is 1. The molecule has 1 aromatic rings. The molecule has 0 atom stereocenters. The maximum absolute atomic E-state index is 12.1. The molecule has 0 saturated carbocycles. The van der Waals surface area contributed by atoms with Crippen LogP contribution < -0.4 is 0 Å². The fourth-order valence-corrected chi connectivity index (χ4v) is 3.15. The average Bonchev–Trinajstić information content (AvgIpc) is 2.46. The highest BCUT2D eigenvalue weighted by molar-refractivity contribution is 9.09. The first-order valence-corrected chi connectivity index (χ1v) is 8.20. The van der Waals surface area contributed by atoms with Gasteiger partial charge in [0.2, 0.25) is 5.91 Å². The number of hydrogen-bond donors (Lipinski definition) is 0. The fraction of sp³-hybridized carbons (Fsp3) is 0.562. The van der Waals surface area contributed by atoms with E-state index in [1.54, 1.807) is 0 Å². The molecule has 1 fully saturated rings. The summed E-state index contributed by atoms with van der Waals surface area (Å²) in [4.78, 5) is 14.2. The van der Waals surface area contributed by atoms with E-state index >= 15 is 0 Å². The number of benzene rings is 1. The highest BCUT2D eigenvalue weighted by Gasteiger charge is 2.21. The molecule has 104 valence electrons. The number of carbonyl (C=O) groups excluding carboxylic acids is 1. The van der Waals surface area contributed by atoms with Crippen molar-refractivity contribution in [1.29, 1.82) is 0 Å². The minimum absolute atomic E-state index is 0.314. The van der Waals surface area contributed by atoms with Crippen LogP contribution in [0.15, 0.2) is 24.3 Å². The lowest BCUT2D eigenvalue weighted by Crippen LogP contribution is -2.38. The normalized spacial score (nSPS) is 16.6. The Balaban J connectivity index is 1.77. The van der Waals surface area contributed by atoms with Gasteiger partial charge in [-0.1, -0.05) is 45.8 Å². The fourth-order valence-electron chi connectivity index (χ4n) is 2.50. The SMILES string of the molecule is Cc1ccc(CCC(=O)N2CCC(CBr)CC2)cc1. The Morgan fingerprint density at radius 2 is 1.89 bits per heavy atom. The van der Waals surface area contributed by atoms with Crippen LogP contribution in [0.2, 0.25) is 0 Å². The number of likely N-dealkylation sites (tertiary alicyclic amines) is 1. The molecule has 0 radical (unpaired) electrons. The van der Waals surface area contributed by atoms with Crippen LogP contribution in [0.5, 0.6) is 0 Å². The molecule has 0 aromatic heterocycles. The van der Waals surface area contributed by atoms with Crippen molar-refractivity contribution in [3.8, 4) is 0 Å². The number of hydrogen-bond acceptors (Lipinski definition) is 1. The summed E-state index contributed by atoms with van der Waals surface area (Å²) in [6.45, 7) is 3.95. The molecule has 2 rings (SSSR count). The quantitative estimate of drug-likeness (QED) is 0.776. The highest BCUT2D eigenvalue weighted by Crippen LogP contribution is 2.19. The van der Waals surface area contributed by atoms with E-state index in [1.807, 2.05) is 4.90 Å². The van der Waals surface area contributed by atoms with Gasteiger partial charge in [-0.2, -0.15) is 0 Å². The maximum atomic E-state index is 12.1. The Kier molecular flexibility index (Phi) is 5.44. The summed E-state index contributed by atoms with van der Waals surface area (Å²) in [6.07, 6.45) is 3.78. The summed E-state index contributed by atoms with van der Waals surface area (Å²) in [5.74, 6) is 1.06. The zero-order valence-electron chi connectivity index (χ0n) is 11.6. The molecular formula is C16H22BrNO. The number of rotatable bonds is 4. The van der Waals surface area contributed by atoms with Crippen LogP contribution in [0, 0.1) is 12.8 Å². The molecule has 1 aliphatic rings. The molecule has 1 amide bonds. The zero-order valence-corrected chi connectivity index (χ0v) is 13.2. The first kappa shape index (κ1) is 14.6. The molecule has 3 heteroatoms. The molecule has 0 bridgehead atoms. The molecule has 1 aliphatic heterocycles. The second kappa shape index (κ2) is 7.09. The summed E-state index contributed by atoms with van der Waals surface area (Å²) in [5, 5.41) is 1.07. The number of aryl methyl sites for hydroxylation is 2. The predicted octanol–water partition coefficient (Wildman–Crippen LogP) is 3.56. The third-order valence-corrected chi connectivity index (χ3v) is 4.85. The third kappa shape index (κ3) is 4.34. The molecule has 0 unspecified atom stereocenters. The minimum atomic E-state index is 0.314. The van der Waals surface area contributed by atoms with Crippen LogP contribution in [0.25, 0.3) is 0 Å². The van der Waals surface area contributed by atoms with E-state index in [2.05, 4.69) is 47.1 Å². The molecule has 1 heterocycles. The lowest BCUT2D eigenvalue weighted by atomic mass is 9.98. The van der Waals surface area contributed by atoms with Crippen LogP contribution in [0.1, 0.15) is 30.4 Å². The molecule has 1 aromatic carbocycles. The number of piperidine rings is 1. The van der Waals surface area contributed by atoms with Gasteiger partial charge in [0.25, 0.3) is 0 Å². The van der Waals surface area contributed by atoms with Crippen molar-refractivity contribution < 1.29 is 4.79 Å². The van der Waals surface area contributed by atoms with E-state index in [0.29, 0.717) is 12.3 Å². The zero-order chi connectivity index (χ0) is 13.7. The van der Waals surface area contributed by atoms with Crippen molar-refractivity contribution in [2.24, 2.45) is 5.92 Å².